The van der Waals surface area contributed by atoms with Gasteiger partial charge in [0.15, 0.2) is 0 Å². The molecule has 2 heterocycles. The Hall–Kier alpha value is -1.03. The summed E-state index contributed by atoms with van der Waals surface area (Å²) >= 11 is 0. The van der Waals surface area contributed by atoms with E-state index in [0.29, 0.717) is 25.9 Å². The molecule has 150 valence electrons. The van der Waals surface area contributed by atoms with Gasteiger partial charge in [0.1, 0.15) is 0 Å². The average molecular weight is 397 g/mol. The van der Waals surface area contributed by atoms with Crippen LogP contribution in [0.3, 0.4) is 0 Å². The molecule has 1 aliphatic carbocycles. The van der Waals surface area contributed by atoms with Crippen LogP contribution in [0.2, 0.25) is 0 Å². The number of nitrogens with zero attached hydrogens (tertiary/aromatic N) is 1. The summed E-state index contributed by atoms with van der Waals surface area (Å²) in [7, 11) is -3.38. The van der Waals surface area contributed by atoms with E-state index in [-0.39, 0.29) is 5.75 Å². The van der Waals surface area contributed by atoms with Crippen LogP contribution in [0.25, 0.3) is 0 Å². The van der Waals surface area contributed by atoms with Crippen LogP contribution in [0, 0.1) is 0 Å². The van der Waals surface area contributed by atoms with Crippen molar-refractivity contribution in [1.82, 2.24) is 4.31 Å². The van der Waals surface area contributed by atoms with Crippen LogP contribution in [0.5, 0.6) is 0 Å². The maximum absolute atomic E-state index is 12.7. The molecular formula is C19H27NO6S. The summed E-state index contributed by atoms with van der Waals surface area (Å²) < 4.78 is 26.9. The van der Waals surface area contributed by atoms with E-state index in [0.717, 1.165) is 44.1 Å². The largest absolute Gasteiger partial charge is 0.236 e. The molecule has 0 unspecified atom stereocenters. The zero-order chi connectivity index (χ0) is 18.8. The Morgan fingerprint density at radius 1 is 0.778 bits per heavy atom. The van der Waals surface area contributed by atoms with Gasteiger partial charge in [0.25, 0.3) is 0 Å². The van der Waals surface area contributed by atoms with Crippen LogP contribution in [0.15, 0.2) is 30.3 Å². The van der Waals surface area contributed by atoms with Gasteiger partial charge in [0, 0.05) is 38.8 Å². The zero-order valence-electron chi connectivity index (χ0n) is 15.5. The van der Waals surface area contributed by atoms with Crippen molar-refractivity contribution in [3.8, 4) is 0 Å². The van der Waals surface area contributed by atoms with E-state index in [1.165, 1.54) is 4.31 Å². The quantitative estimate of drug-likeness (QED) is 0.729. The first-order valence-corrected chi connectivity index (χ1v) is 11.4. The van der Waals surface area contributed by atoms with Crippen LogP contribution in [-0.4, -0.2) is 37.4 Å². The fourth-order valence-corrected chi connectivity index (χ4v) is 5.45. The lowest BCUT2D eigenvalue weighted by Crippen LogP contribution is -2.56. The molecule has 7 nitrogen and oxygen atoms in total. The van der Waals surface area contributed by atoms with E-state index in [2.05, 4.69) is 0 Å². The molecule has 0 amide bonds. The minimum absolute atomic E-state index is 0.00132. The molecular weight excluding hydrogens is 370 g/mol. The summed E-state index contributed by atoms with van der Waals surface area (Å²) in [6.45, 7) is 0.629. The first-order chi connectivity index (χ1) is 13.0. The van der Waals surface area contributed by atoms with E-state index in [4.69, 9.17) is 19.6 Å². The summed E-state index contributed by atoms with van der Waals surface area (Å²) in [6.07, 6.45) is 6.60. The van der Waals surface area contributed by atoms with Gasteiger partial charge < -0.3 is 0 Å². The SMILES string of the molecule is O=S(=O)(Cc1ccccc1)N1CCC2(CC1)OOC1(CCCCCC1)OO2. The molecule has 27 heavy (non-hydrogen) atoms. The molecule has 0 atom stereocenters. The van der Waals surface area contributed by atoms with Crippen molar-refractivity contribution >= 4 is 10.0 Å². The summed E-state index contributed by atoms with van der Waals surface area (Å²) in [6, 6.07) is 9.21. The van der Waals surface area contributed by atoms with Gasteiger partial charge in [-0.25, -0.2) is 12.7 Å². The minimum Gasteiger partial charge on any atom is -0.212 e. The third kappa shape index (κ3) is 4.36. The van der Waals surface area contributed by atoms with Gasteiger partial charge >= 0.3 is 0 Å². The smallest absolute Gasteiger partial charge is 0.212 e. The van der Waals surface area contributed by atoms with Crippen molar-refractivity contribution in [2.75, 3.05) is 13.1 Å². The van der Waals surface area contributed by atoms with Crippen LogP contribution in [-0.2, 0) is 35.3 Å². The number of sulfonamides is 1. The van der Waals surface area contributed by atoms with Crippen molar-refractivity contribution in [2.45, 2.75) is 68.7 Å². The number of hydrogen-bond acceptors (Lipinski definition) is 6. The van der Waals surface area contributed by atoms with Crippen LogP contribution < -0.4 is 0 Å². The average Bonchev–Trinajstić information content (AvgIpc) is 2.91. The molecule has 3 aliphatic rings. The number of piperidine rings is 1. The topological polar surface area (TPSA) is 74.3 Å². The van der Waals surface area contributed by atoms with Gasteiger partial charge in [-0.1, -0.05) is 43.2 Å². The van der Waals surface area contributed by atoms with Crippen molar-refractivity contribution in [3.63, 3.8) is 0 Å². The number of hydrogen-bond donors (Lipinski definition) is 0. The summed E-state index contributed by atoms with van der Waals surface area (Å²) in [5.41, 5.74) is 0.782. The molecule has 1 aromatic rings. The molecule has 1 aromatic carbocycles. The Balaban J connectivity index is 1.34. The Labute approximate surface area is 160 Å². The Morgan fingerprint density at radius 2 is 1.30 bits per heavy atom. The maximum Gasteiger partial charge on any atom is 0.236 e. The lowest BCUT2D eigenvalue weighted by atomic mass is 10.1. The molecule has 2 saturated heterocycles. The van der Waals surface area contributed by atoms with Crippen LogP contribution >= 0.6 is 0 Å². The third-order valence-corrected chi connectivity index (χ3v) is 7.48. The maximum atomic E-state index is 12.7. The van der Waals surface area contributed by atoms with E-state index >= 15 is 0 Å². The van der Waals surface area contributed by atoms with Crippen molar-refractivity contribution in [1.29, 1.82) is 0 Å². The second kappa shape index (κ2) is 7.77. The highest BCUT2D eigenvalue weighted by Gasteiger charge is 2.51. The molecule has 1 saturated carbocycles. The highest BCUT2D eigenvalue weighted by Crippen LogP contribution is 2.42. The third-order valence-electron chi connectivity index (χ3n) is 5.63. The van der Waals surface area contributed by atoms with E-state index in [1.807, 2.05) is 30.3 Å². The Kier molecular flexibility index (Phi) is 5.55. The fourth-order valence-electron chi connectivity index (χ4n) is 3.91. The summed E-state index contributed by atoms with van der Waals surface area (Å²) in [5.74, 6) is -1.83. The second-order valence-corrected chi connectivity index (χ2v) is 9.68. The van der Waals surface area contributed by atoms with Gasteiger partial charge in [0.2, 0.25) is 21.6 Å². The molecule has 0 bridgehead atoms. The number of benzene rings is 1. The highest BCUT2D eigenvalue weighted by atomic mass is 32.2. The lowest BCUT2D eigenvalue weighted by Gasteiger charge is -2.45. The van der Waals surface area contributed by atoms with Gasteiger partial charge in [-0.15, -0.1) is 0 Å². The molecule has 0 radical (unpaired) electrons. The Bertz CT molecular complexity index is 710. The minimum atomic E-state index is -3.38. The van der Waals surface area contributed by atoms with Gasteiger partial charge in [0.05, 0.1) is 5.75 Å². The first-order valence-electron chi connectivity index (χ1n) is 9.77. The van der Waals surface area contributed by atoms with Gasteiger partial charge in [-0.3, -0.25) is 0 Å². The second-order valence-electron chi connectivity index (χ2n) is 7.71. The van der Waals surface area contributed by atoms with Gasteiger partial charge in [-0.2, -0.15) is 19.6 Å². The molecule has 0 N–H and O–H groups in total. The summed E-state index contributed by atoms with van der Waals surface area (Å²) in [5, 5.41) is 0. The van der Waals surface area contributed by atoms with Crippen LogP contribution in [0.4, 0.5) is 0 Å². The van der Waals surface area contributed by atoms with Crippen LogP contribution in [0.1, 0.15) is 56.9 Å². The number of rotatable bonds is 3. The molecule has 3 fully saturated rings. The molecule has 8 heteroatoms. The van der Waals surface area contributed by atoms with E-state index < -0.39 is 21.6 Å². The van der Waals surface area contributed by atoms with Crippen molar-refractivity contribution < 1.29 is 28.0 Å². The molecule has 2 spiro atoms. The standard InChI is InChI=1S/C19H27NO6S/c21-27(22,16-17-8-4-3-5-9-17)20-14-12-19(13-15-20)25-23-18(24-26-19)10-6-1-2-7-11-18/h3-5,8-9H,1-2,6-7,10-16H2. The fraction of sp³-hybridized carbons (Fsp3) is 0.684. The van der Waals surface area contributed by atoms with E-state index in [1.54, 1.807) is 0 Å². The van der Waals surface area contributed by atoms with Crippen molar-refractivity contribution in [2.24, 2.45) is 0 Å². The highest BCUT2D eigenvalue weighted by molar-refractivity contribution is 7.88. The Morgan fingerprint density at radius 3 is 1.85 bits per heavy atom. The lowest BCUT2D eigenvalue weighted by molar-refractivity contribution is -0.661. The predicted molar refractivity (Wildman–Crippen MR) is 97.4 cm³/mol. The molecule has 2 aliphatic heterocycles. The van der Waals surface area contributed by atoms with Crippen molar-refractivity contribution in [3.05, 3.63) is 35.9 Å². The normalized spacial score (nSPS) is 26.1. The first kappa shape index (κ1) is 19.3. The monoisotopic (exact) mass is 397 g/mol. The zero-order valence-corrected chi connectivity index (χ0v) is 16.3. The molecule has 4 rings (SSSR count). The van der Waals surface area contributed by atoms with Gasteiger partial charge in [-0.05, 0) is 18.4 Å². The summed E-state index contributed by atoms with van der Waals surface area (Å²) in [4.78, 5) is 22.7. The molecule has 0 aromatic heterocycles. The predicted octanol–water partition coefficient (Wildman–Crippen LogP) is 3.27. The van der Waals surface area contributed by atoms with E-state index in [9.17, 15) is 8.42 Å².